The number of methoxy groups -OCH3 is 1. The van der Waals surface area contributed by atoms with E-state index in [0.717, 1.165) is 47.3 Å². The van der Waals surface area contributed by atoms with Crippen molar-refractivity contribution in [1.82, 2.24) is 4.98 Å². The zero-order valence-corrected chi connectivity index (χ0v) is 20.6. The highest BCUT2D eigenvalue weighted by molar-refractivity contribution is 7.86. The zero-order chi connectivity index (χ0) is 23.4. The van der Waals surface area contributed by atoms with E-state index in [1.165, 1.54) is 6.07 Å². The Morgan fingerprint density at radius 2 is 2.03 bits per heavy atom. The number of anilines is 2. The summed E-state index contributed by atoms with van der Waals surface area (Å²) in [5.41, 5.74) is 2.41. The van der Waals surface area contributed by atoms with Gasteiger partial charge >= 0.3 is 0 Å². The molecule has 0 amide bonds. The van der Waals surface area contributed by atoms with Crippen LogP contribution in [0.1, 0.15) is 25.5 Å². The molecule has 3 aromatic rings. The molecule has 0 spiro atoms. The highest BCUT2D eigenvalue weighted by Crippen LogP contribution is 2.37. The fourth-order valence-corrected chi connectivity index (χ4v) is 6.03. The summed E-state index contributed by atoms with van der Waals surface area (Å²) in [5, 5.41) is 14.1. The van der Waals surface area contributed by atoms with Crippen LogP contribution in [0.2, 0.25) is 0 Å². The minimum Gasteiger partial charge on any atom is -0.508 e. The van der Waals surface area contributed by atoms with Crippen LogP contribution in [0.4, 0.5) is 10.8 Å². The van der Waals surface area contributed by atoms with E-state index in [-0.39, 0.29) is 5.75 Å². The van der Waals surface area contributed by atoms with Gasteiger partial charge in [0.25, 0.3) is 0 Å². The summed E-state index contributed by atoms with van der Waals surface area (Å²) < 4.78 is 27.0. The van der Waals surface area contributed by atoms with Crippen LogP contribution in [0.5, 0.6) is 11.5 Å². The molecule has 1 aliphatic heterocycles. The maximum absolute atomic E-state index is 13.1. The first kappa shape index (κ1) is 23.5. The predicted octanol–water partition coefficient (Wildman–Crippen LogP) is 5.19. The second-order valence-corrected chi connectivity index (χ2v) is 10.3. The van der Waals surface area contributed by atoms with Crippen molar-refractivity contribution in [3.05, 3.63) is 48.2 Å². The summed E-state index contributed by atoms with van der Waals surface area (Å²) in [7, 11) is -0.0226. The van der Waals surface area contributed by atoms with E-state index < -0.39 is 11.0 Å². The summed E-state index contributed by atoms with van der Waals surface area (Å²) >= 11 is 1.60. The first-order valence-corrected chi connectivity index (χ1v) is 12.9. The van der Waals surface area contributed by atoms with E-state index >= 15 is 0 Å². The first-order valence-electron chi connectivity index (χ1n) is 10.9. The number of aryl methyl sites for hydroxylation is 1. The molecule has 0 bridgehead atoms. The molecule has 4 rings (SSSR count). The fourth-order valence-electron chi connectivity index (χ4n) is 3.95. The van der Waals surface area contributed by atoms with Gasteiger partial charge in [0.2, 0.25) is 0 Å². The molecule has 2 atom stereocenters. The smallest absolute Gasteiger partial charge is 0.183 e. The third-order valence-electron chi connectivity index (χ3n) is 5.80. The van der Waals surface area contributed by atoms with Gasteiger partial charge in [0.05, 0.1) is 23.4 Å². The van der Waals surface area contributed by atoms with E-state index in [1.807, 2.05) is 25.1 Å². The van der Waals surface area contributed by atoms with Crippen LogP contribution >= 0.6 is 11.3 Å². The summed E-state index contributed by atoms with van der Waals surface area (Å²) in [5.74, 6) is 1.20. The molecule has 3 N–H and O–H groups in total. The molecule has 2 heterocycles. The molecule has 2 aromatic carbocycles. The minimum absolute atomic E-state index is 0.105. The number of nitrogens with one attached hydrogen (secondary N) is 2. The Labute approximate surface area is 200 Å². The third kappa shape index (κ3) is 5.66. The van der Waals surface area contributed by atoms with Crippen LogP contribution < -0.4 is 14.8 Å². The van der Waals surface area contributed by atoms with Crippen LogP contribution in [0.25, 0.3) is 10.4 Å². The number of nitrogens with zero attached hydrogens (tertiary/aromatic N) is 1. The zero-order valence-electron chi connectivity index (χ0n) is 19.0. The van der Waals surface area contributed by atoms with Crippen LogP contribution in [-0.4, -0.2) is 40.7 Å². The van der Waals surface area contributed by atoms with E-state index in [9.17, 15) is 9.32 Å². The molecule has 7 nitrogen and oxygen atoms in total. The van der Waals surface area contributed by atoms with Gasteiger partial charge < -0.3 is 24.6 Å². The van der Waals surface area contributed by atoms with Crippen molar-refractivity contribution in [1.29, 1.82) is 0 Å². The average molecular weight is 488 g/mol. The lowest BCUT2D eigenvalue weighted by molar-refractivity contribution is 0.0622. The lowest BCUT2D eigenvalue weighted by atomic mass is 9.93. The van der Waals surface area contributed by atoms with Gasteiger partial charge in [-0.2, -0.15) is 0 Å². The Morgan fingerprint density at radius 3 is 2.76 bits per heavy atom. The topological polar surface area (TPSA) is 92.7 Å². The summed E-state index contributed by atoms with van der Waals surface area (Å²) in [6.07, 6.45) is 2.12. The highest BCUT2D eigenvalue weighted by atomic mass is 32.2. The number of thiazole rings is 1. The molecule has 1 aliphatic rings. The maximum Gasteiger partial charge on any atom is 0.183 e. The molecule has 1 aromatic heterocycles. The van der Waals surface area contributed by atoms with Crippen molar-refractivity contribution >= 4 is 33.1 Å². The molecule has 0 radical (unpaired) electrons. The predicted molar refractivity (Wildman–Crippen MR) is 134 cm³/mol. The van der Waals surface area contributed by atoms with Crippen molar-refractivity contribution in [3.8, 4) is 21.9 Å². The highest BCUT2D eigenvalue weighted by Gasteiger charge is 2.22. The van der Waals surface area contributed by atoms with Crippen molar-refractivity contribution in [2.45, 2.75) is 37.6 Å². The number of benzene rings is 2. The van der Waals surface area contributed by atoms with Gasteiger partial charge in [0.1, 0.15) is 16.4 Å². The van der Waals surface area contributed by atoms with Crippen molar-refractivity contribution in [3.63, 3.8) is 0 Å². The molecule has 0 saturated carbocycles. The average Bonchev–Trinajstić information content (AvgIpc) is 3.19. The standard InChI is InChI=1S/C24H29N3O4S2/c1-15(17-9-11-31-12-10-17)25-24-26-16(2)23(32-24)18-7-8-21(30-3)22(13-18)33(29)27-19-5-4-6-20(28)14-19/h4-8,13-15,17,27-28H,9-12H2,1-3H3,(H,25,26). The molecular formula is C24H29N3O4S2. The lowest BCUT2D eigenvalue weighted by Crippen LogP contribution is -2.30. The minimum atomic E-state index is -1.58. The molecule has 2 unspecified atom stereocenters. The Bertz CT molecular complexity index is 1130. The van der Waals surface area contributed by atoms with Gasteiger partial charge in [-0.25, -0.2) is 9.19 Å². The molecule has 9 heteroatoms. The SMILES string of the molecule is COc1ccc(-c2sc(NC(C)C3CCOCC3)nc2C)cc1S(=O)Nc1cccc(O)c1. The molecule has 176 valence electrons. The maximum atomic E-state index is 13.1. The van der Waals surface area contributed by atoms with Crippen LogP contribution in [0, 0.1) is 12.8 Å². The largest absolute Gasteiger partial charge is 0.508 e. The molecule has 33 heavy (non-hydrogen) atoms. The molecule has 0 aliphatic carbocycles. The number of ether oxygens (including phenoxy) is 2. The molecular weight excluding hydrogens is 458 g/mol. The van der Waals surface area contributed by atoms with Gasteiger partial charge in [-0.15, -0.1) is 0 Å². The number of phenolic OH excluding ortho intramolecular Hbond substituents is 1. The number of aromatic hydroxyl groups is 1. The Morgan fingerprint density at radius 1 is 1.24 bits per heavy atom. The van der Waals surface area contributed by atoms with E-state index in [1.54, 1.807) is 36.6 Å². The number of hydrogen-bond donors (Lipinski definition) is 3. The quantitative estimate of drug-likeness (QED) is 0.405. The second-order valence-electron chi connectivity index (χ2n) is 8.10. The molecule has 1 saturated heterocycles. The van der Waals surface area contributed by atoms with Gasteiger partial charge in [-0.05, 0) is 68.5 Å². The second kappa shape index (κ2) is 10.5. The van der Waals surface area contributed by atoms with Crippen molar-refractivity contribution in [2.75, 3.05) is 30.4 Å². The van der Waals surface area contributed by atoms with Crippen LogP contribution in [-0.2, 0) is 15.7 Å². The Balaban J connectivity index is 1.56. The normalized spacial score (nSPS) is 16.2. The third-order valence-corrected chi connectivity index (χ3v) is 8.08. The number of hydrogen-bond acceptors (Lipinski definition) is 7. The van der Waals surface area contributed by atoms with E-state index in [2.05, 4.69) is 17.0 Å². The number of phenols is 1. The van der Waals surface area contributed by atoms with Gasteiger partial charge in [-0.3, -0.25) is 0 Å². The summed E-state index contributed by atoms with van der Waals surface area (Å²) in [4.78, 5) is 6.29. The first-order chi connectivity index (χ1) is 15.9. The fraction of sp³-hybridized carbons (Fsp3) is 0.375. The van der Waals surface area contributed by atoms with Gasteiger partial charge in [0.15, 0.2) is 16.1 Å². The van der Waals surface area contributed by atoms with Crippen LogP contribution in [0.3, 0.4) is 0 Å². The van der Waals surface area contributed by atoms with Gasteiger partial charge in [-0.1, -0.05) is 17.4 Å². The lowest BCUT2D eigenvalue weighted by Gasteiger charge is -2.28. The van der Waals surface area contributed by atoms with Gasteiger partial charge in [0, 0.05) is 25.3 Å². The van der Waals surface area contributed by atoms with Crippen molar-refractivity contribution in [2.24, 2.45) is 5.92 Å². The Hall–Kier alpha value is -2.62. The number of rotatable bonds is 8. The Kier molecular flexibility index (Phi) is 7.52. The van der Waals surface area contributed by atoms with E-state index in [0.29, 0.717) is 28.3 Å². The monoisotopic (exact) mass is 487 g/mol. The summed E-state index contributed by atoms with van der Waals surface area (Å²) in [6, 6.07) is 12.5. The van der Waals surface area contributed by atoms with Crippen LogP contribution in [0.15, 0.2) is 47.4 Å². The van der Waals surface area contributed by atoms with Crippen molar-refractivity contribution < 1.29 is 18.8 Å². The molecule has 1 fully saturated rings. The number of aromatic nitrogens is 1. The summed E-state index contributed by atoms with van der Waals surface area (Å²) in [6.45, 7) is 5.83. The van der Waals surface area contributed by atoms with E-state index in [4.69, 9.17) is 14.5 Å².